The van der Waals surface area contributed by atoms with Gasteiger partial charge < -0.3 is 10.3 Å². The van der Waals surface area contributed by atoms with Gasteiger partial charge in [-0.1, -0.05) is 23.7 Å². The Morgan fingerprint density at radius 2 is 2.19 bits per heavy atom. The van der Waals surface area contributed by atoms with Gasteiger partial charge >= 0.3 is 0 Å². The van der Waals surface area contributed by atoms with Crippen LogP contribution in [0.25, 0.3) is 11.4 Å². The summed E-state index contributed by atoms with van der Waals surface area (Å²) < 4.78 is 0.571. The summed E-state index contributed by atoms with van der Waals surface area (Å²) in [6.45, 7) is 4.75. The molecule has 1 aromatic carbocycles. The van der Waals surface area contributed by atoms with Crippen molar-refractivity contribution in [3.8, 4) is 11.4 Å². The first-order valence-electron chi connectivity index (χ1n) is 6.59. The number of rotatable bonds is 4. The van der Waals surface area contributed by atoms with E-state index in [2.05, 4.69) is 26.3 Å². The third kappa shape index (κ3) is 3.25. The second-order valence-corrected chi connectivity index (χ2v) is 6.51. The zero-order chi connectivity index (χ0) is 14.8. The van der Waals surface area contributed by atoms with E-state index in [0.717, 1.165) is 33.3 Å². The van der Waals surface area contributed by atoms with Crippen molar-refractivity contribution in [3.63, 3.8) is 0 Å². The molecular weight excluding hydrogens is 304 g/mol. The Hall–Kier alpha value is -1.85. The van der Waals surface area contributed by atoms with Crippen LogP contribution in [0.4, 0.5) is 5.69 Å². The fourth-order valence-corrected chi connectivity index (χ4v) is 2.93. The van der Waals surface area contributed by atoms with Gasteiger partial charge in [0.05, 0.1) is 12.2 Å². The molecule has 21 heavy (non-hydrogen) atoms. The van der Waals surface area contributed by atoms with Crippen molar-refractivity contribution in [2.45, 2.75) is 20.4 Å². The van der Waals surface area contributed by atoms with Crippen molar-refractivity contribution in [2.24, 2.45) is 0 Å². The molecule has 0 radical (unpaired) electrons. The van der Waals surface area contributed by atoms with Crippen LogP contribution in [0.2, 0.25) is 4.47 Å². The Kier molecular flexibility index (Phi) is 3.94. The first kappa shape index (κ1) is 14.1. The Bertz CT molecular complexity index is 743. The van der Waals surface area contributed by atoms with Gasteiger partial charge in [-0.15, -0.1) is 11.3 Å². The normalized spacial score (nSPS) is 10.8. The van der Waals surface area contributed by atoms with Gasteiger partial charge in [-0.25, -0.2) is 9.97 Å². The number of aromatic nitrogens is 3. The molecule has 0 fully saturated rings. The van der Waals surface area contributed by atoms with Crippen LogP contribution in [0, 0.1) is 13.8 Å². The number of aryl methyl sites for hydroxylation is 2. The van der Waals surface area contributed by atoms with E-state index in [4.69, 9.17) is 11.6 Å². The van der Waals surface area contributed by atoms with E-state index in [9.17, 15) is 0 Å². The molecule has 0 saturated carbocycles. The number of hydrogen-bond donors (Lipinski definition) is 2. The summed E-state index contributed by atoms with van der Waals surface area (Å²) in [6.07, 6.45) is 1.79. The lowest BCUT2D eigenvalue weighted by molar-refractivity contribution is 1.17. The van der Waals surface area contributed by atoms with E-state index < -0.39 is 0 Å². The van der Waals surface area contributed by atoms with Crippen LogP contribution in [-0.2, 0) is 6.54 Å². The lowest BCUT2D eigenvalue weighted by Crippen LogP contribution is -1.97. The van der Waals surface area contributed by atoms with E-state index in [0.29, 0.717) is 11.0 Å². The van der Waals surface area contributed by atoms with Gasteiger partial charge in [0, 0.05) is 28.0 Å². The van der Waals surface area contributed by atoms with Gasteiger partial charge in [0.25, 0.3) is 0 Å². The standard InChI is InChI=1S/C15H15ClN4S/c1-9-10(2)20-14(19-9)11-4-3-5-12(6-11)17-7-13-8-18-15(16)21-13/h3-6,8,17H,7H2,1-2H3,(H,19,20). The van der Waals surface area contributed by atoms with Crippen molar-refractivity contribution in [1.82, 2.24) is 15.0 Å². The Balaban J connectivity index is 1.76. The van der Waals surface area contributed by atoms with Crippen molar-refractivity contribution >= 4 is 28.6 Å². The van der Waals surface area contributed by atoms with E-state index in [1.54, 1.807) is 6.20 Å². The minimum absolute atomic E-state index is 0.571. The van der Waals surface area contributed by atoms with Gasteiger partial charge in [0.15, 0.2) is 4.47 Å². The highest BCUT2D eigenvalue weighted by Crippen LogP contribution is 2.23. The quantitative estimate of drug-likeness (QED) is 0.749. The molecule has 2 N–H and O–H groups in total. The zero-order valence-electron chi connectivity index (χ0n) is 11.8. The molecule has 0 aliphatic rings. The maximum Gasteiger partial charge on any atom is 0.183 e. The second-order valence-electron chi connectivity index (χ2n) is 4.81. The number of benzene rings is 1. The summed E-state index contributed by atoms with van der Waals surface area (Å²) in [7, 11) is 0. The number of H-pyrrole nitrogens is 1. The van der Waals surface area contributed by atoms with Crippen molar-refractivity contribution < 1.29 is 0 Å². The molecule has 0 spiro atoms. The van der Waals surface area contributed by atoms with Crippen molar-refractivity contribution in [1.29, 1.82) is 0 Å². The fourth-order valence-electron chi connectivity index (χ4n) is 2.02. The summed E-state index contributed by atoms with van der Waals surface area (Å²) in [5.74, 6) is 0.898. The Morgan fingerprint density at radius 3 is 2.86 bits per heavy atom. The van der Waals surface area contributed by atoms with Crippen LogP contribution in [0.15, 0.2) is 30.5 Å². The maximum atomic E-state index is 5.83. The summed E-state index contributed by atoms with van der Waals surface area (Å²) in [5.41, 5.74) is 4.24. The summed E-state index contributed by atoms with van der Waals surface area (Å²) in [6, 6.07) is 8.19. The minimum Gasteiger partial charge on any atom is -0.380 e. The largest absolute Gasteiger partial charge is 0.380 e. The number of hydrogen-bond acceptors (Lipinski definition) is 4. The van der Waals surface area contributed by atoms with E-state index in [1.165, 1.54) is 11.3 Å². The number of aromatic amines is 1. The van der Waals surface area contributed by atoms with Gasteiger partial charge in [0.2, 0.25) is 0 Å². The SMILES string of the molecule is Cc1nc(-c2cccc(NCc3cnc(Cl)s3)c2)[nH]c1C. The predicted octanol–water partition coefficient (Wildman–Crippen LogP) is 4.42. The average molecular weight is 319 g/mol. The molecule has 2 aromatic heterocycles. The van der Waals surface area contributed by atoms with Crippen LogP contribution < -0.4 is 5.32 Å². The van der Waals surface area contributed by atoms with Crippen LogP contribution in [0.5, 0.6) is 0 Å². The Morgan fingerprint density at radius 1 is 1.33 bits per heavy atom. The predicted molar refractivity (Wildman–Crippen MR) is 87.9 cm³/mol. The molecule has 0 amide bonds. The zero-order valence-corrected chi connectivity index (χ0v) is 13.3. The van der Waals surface area contributed by atoms with Crippen LogP contribution >= 0.6 is 22.9 Å². The fraction of sp³-hybridized carbons (Fsp3) is 0.200. The molecule has 0 bridgehead atoms. The molecule has 3 rings (SSSR count). The third-order valence-electron chi connectivity index (χ3n) is 3.26. The number of imidazole rings is 1. The molecule has 0 saturated heterocycles. The molecule has 108 valence electrons. The number of nitrogens with one attached hydrogen (secondary N) is 2. The maximum absolute atomic E-state index is 5.83. The third-order valence-corrected chi connectivity index (χ3v) is 4.37. The molecular formula is C15H15ClN4S. The topological polar surface area (TPSA) is 53.6 Å². The first-order chi connectivity index (χ1) is 10.1. The van der Waals surface area contributed by atoms with Crippen LogP contribution in [-0.4, -0.2) is 15.0 Å². The molecule has 0 aliphatic carbocycles. The summed E-state index contributed by atoms with van der Waals surface area (Å²) in [5, 5.41) is 3.38. The summed E-state index contributed by atoms with van der Waals surface area (Å²) in [4.78, 5) is 13.0. The van der Waals surface area contributed by atoms with E-state index in [-0.39, 0.29) is 0 Å². The second kappa shape index (κ2) is 5.87. The average Bonchev–Trinajstić information content (AvgIpc) is 3.04. The van der Waals surface area contributed by atoms with E-state index >= 15 is 0 Å². The Labute approximate surface area is 132 Å². The van der Waals surface area contributed by atoms with Gasteiger partial charge in [-0.2, -0.15) is 0 Å². The molecule has 6 heteroatoms. The van der Waals surface area contributed by atoms with Crippen LogP contribution in [0.1, 0.15) is 16.3 Å². The molecule has 4 nitrogen and oxygen atoms in total. The highest BCUT2D eigenvalue weighted by Gasteiger charge is 2.06. The number of anilines is 1. The van der Waals surface area contributed by atoms with E-state index in [1.807, 2.05) is 32.0 Å². The number of halogens is 1. The summed E-state index contributed by atoms with van der Waals surface area (Å²) >= 11 is 7.32. The first-order valence-corrected chi connectivity index (χ1v) is 7.79. The van der Waals surface area contributed by atoms with Gasteiger partial charge in [0.1, 0.15) is 5.82 Å². The minimum atomic E-state index is 0.571. The van der Waals surface area contributed by atoms with Crippen LogP contribution in [0.3, 0.4) is 0 Å². The lowest BCUT2D eigenvalue weighted by atomic mass is 10.2. The molecule has 3 aromatic rings. The highest BCUT2D eigenvalue weighted by atomic mass is 35.5. The molecule has 0 aliphatic heterocycles. The molecule has 0 unspecified atom stereocenters. The van der Waals surface area contributed by atoms with Gasteiger partial charge in [-0.05, 0) is 26.0 Å². The molecule has 2 heterocycles. The smallest absolute Gasteiger partial charge is 0.183 e. The molecule has 0 atom stereocenters. The monoisotopic (exact) mass is 318 g/mol. The van der Waals surface area contributed by atoms with Crippen molar-refractivity contribution in [2.75, 3.05) is 5.32 Å². The van der Waals surface area contributed by atoms with Crippen molar-refractivity contribution in [3.05, 3.63) is 51.2 Å². The number of thiazole rings is 1. The highest BCUT2D eigenvalue weighted by molar-refractivity contribution is 7.15. The number of nitrogens with zero attached hydrogens (tertiary/aromatic N) is 2. The van der Waals surface area contributed by atoms with Gasteiger partial charge in [-0.3, -0.25) is 0 Å². The lowest BCUT2D eigenvalue weighted by Gasteiger charge is -2.06.